The largest absolute Gasteiger partial charge is 0.339 e. The molecule has 2 aliphatic heterocycles. The summed E-state index contributed by atoms with van der Waals surface area (Å²) in [5.74, 6) is 0.997. The van der Waals surface area contributed by atoms with Gasteiger partial charge in [0.15, 0.2) is 15.0 Å². The molecule has 1 amide bonds. The van der Waals surface area contributed by atoms with Crippen LogP contribution in [0.1, 0.15) is 19.8 Å². The van der Waals surface area contributed by atoms with Gasteiger partial charge < -0.3 is 9.47 Å². The summed E-state index contributed by atoms with van der Waals surface area (Å²) in [6.45, 7) is 5.74. The standard InChI is InChI=1S/C20H27ClN4O3S2/c1-2-6-25-18-4-3-15(21)12-17(18)22-20(25)29-13-19(26)24-9-7-23(8-10-24)16-5-11-30(27,28)14-16/h3-4,12,16H,2,5-11,13-14H2,1H3. The van der Waals surface area contributed by atoms with E-state index in [1.807, 2.05) is 23.1 Å². The van der Waals surface area contributed by atoms with E-state index in [9.17, 15) is 13.2 Å². The van der Waals surface area contributed by atoms with Crippen molar-refractivity contribution >= 4 is 50.1 Å². The average Bonchev–Trinajstić information content (AvgIpc) is 3.26. The SMILES string of the molecule is CCCn1c(SCC(=O)N2CCN(C3CCS(=O)(=O)C3)CC2)nc2cc(Cl)ccc21. The van der Waals surface area contributed by atoms with Gasteiger partial charge in [-0.2, -0.15) is 0 Å². The van der Waals surface area contributed by atoms with Crippen LogP contribution in [-0.2, 0) is 21.2 Å². The summed E-state index contributed by atoms with van der Waals surface area (Å²) in [6, 6.07) is 5.82. The summed E-state index contributed by atoms with van der Waals surface area (Å²) in [7, 11) is -2.88. The van der Waals surface area contributed by atoms with Gasteiger partial charge in [0, 0.05) is 43.8 Å². The van der Waals surface area contributed by atoms with Gasteiger partial charge in [-0.25, -0.2) is 13.4 Å². The lowest BCUT2D eigenvalue weighted by Gasteiger charge is -2.37. The van der Waals surface area contributed by atoms with E-state index >= 15 is 0 Å². The van der Waals surface area contributed by atoms with Crippen LogP contribution in [0.25, 0.3) is 11.0 Å². The minimum Gasteiger partial charge on any atom is -0.339 e. The molecule has 1 unspecified atom stereocenters. The topological polar surface area (TPSA) is 75.5 Å². The van der Waals surface area contributed by atoms with Gasteiger partial charge in [0.1, 0.15) is 0 Å². The fraction of sp³-hybridized carbons (Fsp3) is 0.600. The summed E-state index contributed by atoms with van der Waals surface area (Å²) in [4.78, 5) is 21.6. The van der Waals surface area contributed by atoms with E-state index in [-0.39, 0.29) is 23.5 Å². The van der Waals surface area contributed by atoms with E-state index in [2.05, 4.69) is 16.4 Å². The monoisotopic (exact) mass is 470 g/mol. The first-order valence-electron chi connectivity index (χ1n) is 10.4. The van der Waals surface area contributed by atoms with E-state index in [4.69, 9.17) is 16.6 Å². The first-order valence-corrected chi connectivity index (χ1v) is 13.6. The molecule has 0 saturated carbocycles. The number of aryl methyl sites for hydroxylation is 1. The molecule has 2 aromatic rings. The summed E-state index contributed by atoms with van der Waals surface area (Å²) in [5.41, 5.74) is 1.89. The molecule has 2 aliphatic rings. The quantitative estimate of drug-likeness (QED) is 0.604. The summed E-state index contributed by atoms with van der Waals surface area (Å²) >= 11 is 7.58. The Labute approximate surface area is 186 Å². The van der Waals surface area contributed by atoms with Gasteiger partial charge in [-0.3, -0.25) is 9.69 Å². The molecule has 0 radical (unpaired) electrons. The number of imidazole rings is 1. The van der Waals surface area contributed by atoms with Gasteiger partial charge in [-0.05, 0) is 31.0 Å². The van der Waals surface area contributed by atoms with Crippen molar-refractivity contribution in [1.29, 1.82) is 0 Å². The molecule has 1 aromatic carbocycles. The number of hydrogen-bond acceptors (Lipinski definition) is 6. The maximum atomic E-state index is 12.8. The van der Waals surface area contributed by atoms with Gasteiger partial charge in [0.25, 0.3) is 0 Å². The molecule has 7 nitrogen and oxygen atoms in total. The van der Waals surface area contributed by atoms with Crippen LogP contribution in [-0.4, -0.2) is 83.2 Å². The minimum absolute atomic E-state index is 0.104. The molecule has 30 heavy (non-hydrogen) atoms. The number of fused-ring (bicyclic) bond motifs is 1. The Hall–Kier alpha value is -1.29. The van der Waals surface area contributed by atoms with Gasteiger partial charge >= 0.3 is 0 Å². The van der Waals surface area contributed by atoms with E-state index < -0.39 is 9.84 Å². The molecule has 0 aliphatic carbocycles. The van der Waals surface area contributed by atoms with Crippen LogP contribution in [0.4, 0.5) is 0 Å². The first-order chi connectivity index (χ1) is 14.4. The third-order valence-corrected chi connectivity index (χ3v) is 8.79. The lowest BCUT2D eigenvalue weighted by molar-refractivity contribution is -0.130. The zero-order chi connectivity index (χ0) is 21.3. The van der Waals surface area contributed by atoms with E-state index in [0.717, 1.165) is 42.2 Å². The second-order valence-electron chi connectivity index (χ2n) is 7.94. The van der Waals surface area contributed by atoms with Crippen molar-refractivity contribution in [1.82, 2.24) is 19.4 Å². The van der Waals surface area contributed by atoms with E-state index in [0.29, 0.717) is 30.3 Å². The normalized spacial score (nSPS) is 22.1. The van der Waals surface area contributed by atoms with Gasteiger partial charge in [-0.1, -0.05) is 30.3 Å². The Morgan fingerprint density at radius 2 is 2.03 bits per heavy atom. The Balaban J connectivity index is 1.35. The number of rotatable bonds is 6. The molecule has 0 bridgehead atoms. The van der Waals surface area contributed by atoms with Crippen molar-refractivity contribution < 1.29 is 13.2 Å². The smallest absolute Gasteiger partial charge is 0.233 e. The number of carbonyl (C=O) groups is 1. The zero-order valence-corrected chi connectivity index (χ0v) is 19.5. The molecule has 1 aromatic heterocycles. The highest BCUT2D eigenvalue weighted by atomic mass is 35.5. The molecular formula is C20H27ClN4O3S2. The van der Waals surface area contributed by atoms with Crippen molar-refractivity contribution in [3.05, 3.63) is 23.2 Å². The minimum atomic E-state index is -2.88. The van der Waals surface area contributed by atoms with Crippen molar-refractivity contribution in [2.75, 3.05) is 43.4 Å². The molecule has 2 saturated heterocycles. The number of piperazine rings is 1. The Kier molecular flexibility index (Phi) is 6.62. The summed E-state index contributed by atoms with van der Waals surface area (Å²) in [5, 5.41) is 1.50. The Morgan fingerprint density at radius 3 is 2.70 bits per heavy atom. The molecular weight excluding hydrogens is 444 g/mol. The van der Waals surface area contributed by atoms with Gasteiger partial charge in [0.2, 0.25) is 5.91 Å². The molecule has 0 N–H and O–H groups in total. The second-order valence-corrected chi connectivity index (χ2v) is 11.5. The van der Waals surface area contributed by atoms with Crippen molar-refractivity contribution in [3.8, 4) is 0 Å². The highest BCUT2D eigenvalue weighted by molar-refractivity contribution is 7.99. The van der Waals surface area contributed by atoms with E-state index in [1.165, 1.54) is 11.8 Å². The predicted octanol–water partition coefficient (Wildman–Crippen LogP) is 2.52. The predicted molar refractivity (Wildman–Crippen MR) is 121 cm³/mol. The maximum absolute atomic E-state index is 12.8. The highest BCUT2D eigenvalue weighted by Crippen LogP contribution is 2.27. The molecule has 164 valence electrons. The van der Waals surface area contributed by atoms with Crippen LogP contribution >= 0.6 is 23.4 Å². The van der Waals surface area contributed by atoms with Gasteiger partial charge in [0.05, 0.1) is 28.3 Å². The molecule has 2 fully saturated rings. The Bertz CT molecular complexity index is 1030. The van der Waals surface area contributed by atoms with Crippen molar-refractivity contribution in [3.63, 3.8) is 0 Å². The van der Waals surface area contributed by atoms with Crippen LogP contribution in [0.5, 0.6) is 0 Å². The number of benzene rings is 1. The fourth-order valence-electron chi connectivity index (χ4n) is 4.25. The lowest BCUT2D eigenvalue weighted by atomic mass is 10.2. The highest BCUT2D eigenvalue weighted by Gasteiger charge is 2.34. The zero-order valence-electron chi connectivity index (χ0n) is 17.1. The summed E-state index contributed by atoms with van der Waals surface area (Å²) in [6.07, 6.45) is 1.69. The van der Waals surface area contributed by atoms with Crippen LogP contribution in [0, 0.1) is 0 Å². The molecule has 4 rings (SSSR count). The van der Waals surface area contributed by atoms with Crippen molar-refractivity contribution in [2.24, 2.45) is 0 Å². The third-order valence-electron chi connectivity index (χ3n) is 5.84. The third kappa shape index (κ3) is 4.79. The Morgan fingerprint density at radius 1 is 1.27 bits per heavy atom. The van der Waals surface area contributed by atoms with Crippen LogP contribution in [0.2, 0.25) is 5.02 Å². The average molecular weight is 471 g/mol. The molecule has 3 heterocycles. The maximum Gasteiger partial charge on any atom is 0.233 e. The number of hydrogen-bond donors (Lipinski definition) is 0. The number of amides is 1. The number of halogens is 1. The summed E-state index contributed by atoms with van der Waals surface area (Å²) < 4.78 is 25.6. The lowest BCUT2D eigenvalue weighted by Crippen LogP contribution is -2.52. The number of nitrogens with zero attached hydrogens (tertiary/aromatic N) is 4. The van der Waals surface area contributed by atoms with E-state index in [1.54, 1.807) is 0 Å². The number of sulfone groups is 1. The van der Waals surface area contributed by atoms with Crippen LogP contribution in [0.15, 0.2) is 23.4 Å². The first kappa shape index (κ1) is 21.9. The molecule has 1 atom stereocenters. The van der Waals surface area contributed by atoms with Crippen LogP contribution < -0.4 is 0 Å². The molecule has 10 heteroatoms. The van der Waals surface area contributed by atoms with Crippen LogP contribution in [0.3, 0.4) is 0 Å². The number of carbonyl (C=O) groups excluding carboxylic acids is 1. The fourth-order valence-corrected chi connectivity index (χ4v) is 7.12. The number of thioether (sulfide) groups is 1. The number of aromatic nitrogens is 2. The van der Waals surface area contributed by atoms with Crippen molar-refractivity contribution in [2.45, 2.75) is 37.5 Å². The van der Waals surface area contributed by atoms with Gasteiger partial charge in [-0.15, -0.1) is 0 Å². The second kappa shape index (κ2) is 9.06. The molecule has 0 spiro atoms.